The lowest BCUT2D eigenvalue weighted by atomic mass is 9.99. The first kappa shape index (κ1) is 9.01. The van der Waals surface area contributed by atoms with E-state index in [2.05, 4.69) is 24.2 Å². The quantitative estimate of drug-likeness (QED) is 0.654. The summed E-state index contributed by atoms with van der Waals surface area (Å²) in [5.41, 5.74) is 0. The molecule has 1 heterocycles. The number of piperidine rings is 1. The van der Waals surface area contributed by atoms with Crippen LogP contribution in [0.5, 0.6) is 0 Å². The Kier molecular flexibility index (Phi) is 3.87. The molecular formula is C9H20N2. The summed E-state index contributed by atoms with van der Waals surface area (Å²) in [7, 11) is 2.22. The molecule has 0 saturated carbocycles. The molecule has 0 bridgehead atoms. The van der Waals surface area contributed by atoms with E-state index >= 15 is 0 Å². The molecule has 1 saturated heterocycles. The van der Waals surface area contributed by atoms with Crippen molar-refractivity contribution >= 4 is 0 Å². The number of nitrogens with zero attached hydrogens (tertiary/aromatic N) is 1. The van der Waals surface area contributed by atoms with Crippen LogP contribution in [0.3, 0.4) is 0 Å². The van der Waals surface area contributed by atoms with Gasteiger partial charge in [0.25, 0.3) is 0 Å². The van der Waals surface area contributed by atoms with Gasteiger partial charge >= 0.3 is 0 Å². The van der Waals surface area contributed by atoms with Gasteiger partial charge in [0.15, 0.2) is 0 Å². The van der Waals surface area contributed by atoms with Gasteiger partial charge in [0.2, 0.25) is 0 Å². The maximum atomic E-state index is 3.41. The van der Waals surface area contributed by atoms with E-state index in [1.54, 1.807) is 0 Å². The van der Waals surface area contributed by atoms with Crippen molar-refractivity contribution in [3.63, 3.8) is 0 Å². The van der Waals surface area contributed by atoms with E-state index < -0.39 is 0 Å². The van der Waals surface area contributed by atoms with Crippen molar-refractivity contribution in [3.8, 4) is 0 Å². The molecule has 1 N–H and O–H groups in total. The van der Waals surface area contributed by atoms with E-state index in [0.717, 1.165) is 12.5 Å². The van der Waals surface area contributed by atoms with E-state index in [4.69, 9.17) is 0 Å². The Morgan fingerprint density at radius 2 is 2.36 bits per heavy atom. The molecule has 0 aliphatic carbocycles. The Morgan fingerprint density at radius 1 is 1.55 bits per heavy atom. The third kappa shape index (κ3) is 3.21. The van der Waals surface area contributed by atoms with Gasteiger partial charge in [0.1, 0.15) is 0 Å². The Bertz CT molecular complexity index is 104. The Hall–Kier alpha value is -0.0800. The number of nitrogens with one attached hydrogen (secondary N) is 1. The minimum atomic E-state index is 0.897. The van der Waals surface area contributed by atoms with Crippen LogP contribution in [0.2, 0.25) is 0 Å². The molecule has 1 rings (SSSR count). The lowest BCUT2D eigenvalue weighted by Crippen LogP contribution is -2.37. The predicted octanol–water partition coefficient (Wildman–Crippen LogP) is 0.938. The molecule has 0 aromatic rings. The molecule has 2 heteroatoms. The Labute approximate surface area is 70.0 Å². The van der Waals surface area contributed by atoms with Gasteiger partial charge in [0, 0.05) is 6.54 Å². The maximum absolute atomic E-state index is 3.41. The van der Waals surface area contributed by atoms with E-state index in [9.17, 15) is 0 Å². The summed E-state index contributed by atoms with van der Waals surface area (Å²) in [5, 5.41) is 3.41. The molecule has 0 unspecified atom stereocenters. The van der Waals surface area contributed by atoms with Crippen LogP contribution in [0.25, 0.3) is 0 Å². The third-order valence-electron chi connectivity index (χ3n) is 2.41. The van der Waals surface area contributed by atoms with E-state index in [1.165, 1.54) is 32.5 Å². The summed E-state index contributed by atoms with van der Waals surface area (Å²) in [6.45, 7) is 7.07. The predicted molar refractivity (Wildman–Crippen MR) is 48.8 cm³/mol. The monoisotopic (exact) mass is 156 g/mol. The molecule has 0 radical (unpaired) electrons. The van der Waals surface area contributed by atoms with Crippen LogP contribution in [0.4, 0.5) is 0 Å². The molecule has 0 aromatic heterocycles. The second-order valence-electron chi connectivity index (χ2n) is 3.58. The maximum Gasteiger partial charge on any atom is 0.00187 e. The van der Waals surface area contributed by atoms with Crippen molar-refractivity contribution in [2.75, 3.05) is 33.2 Å². The molecule has 1 fully saturated rings. The average Bonchev–Trinajstić information content (AvgIpc) is 2.01. The van der Waals surface area contributed by atoms with Crippen molar-refractivity contribution in [2.24, 2.45) is 5.92 Å². The molecule has 1 aliphatic rings. The van der Waals surface area contributed by atoms with Crippen LogP contribution in [-0.4, -0.2) is 38.1 Å². The third-order valence-corrected chi connectivity index (χ3v) is 2.41. The van der Waals surface area contributed by atoms with Crippen molar-refractivity contribution in [1.29, 1.82) is 0 Å². The fourth-order valence-electron chi connectivity index (χ4n) is 1.79. The minimum Gasteiger partial charge on any atom is -0.317 e. The van der Waals surface area contributed by atoms with Gasteiger partial charge in [0.05, 0.1) is 0 Å². The van der Waals surface area contributed by atoms with Crippen molar-refractivity contribution < 1.29 is 0 Å². The molecular weight excluding hydrogens is 136 g/mol. The first-order valence-corrected chi connectivity index (χ1v) is 4.72. The van der Waals surface area contributed by atoms with Crippen LogP contribution < -0.4 is 5.32 Å². The normalized spacial score (nSPS) is 27.3. The second kappa shape index (κ2) is 4.73. The van der Waals surface area contributed by atoms with Gasteiger partial charge in [-0.05, 0) is 45.4 Å². The Morgan fingerprint density at radius 3 is 3.00 bits per heavy atom. The van der Waals surface area contributed by atoms with Gasteiger partial charge in [-0.25, -0.2) is 0 Å². The fourth-order valence-corrected chi connectivity index (χ4v) is 1.79. The first-order valence-electron chi connectivity index (χ1n) is 4.72. The van der Waals surface area contributed by atoms with Crippen molar-refractivity contribution in [1.82, 2.24) is 10.2 Å². The summed E-state index contributed by atoms with van der Waals surface area (Å²) in [6, 6.07) is 0. The highest BCUT2D eigenvalue weighted by Gasteiger charge is 2.15. The van der Waals surface area contributed by atoms with Gasteiger partial charge in [-0.15, -0.1) is 0 Å². The van der Waals surface area contributed by atoms with Crippen LogP contribution >= 0.6 is 0 Å². The van der Waals surface area contributed by atoms with Gasteiger partial charge in [-0.1, -0.05) is 6.92 Å². The van der Waals surface area contributed by atoms with Crippen LogP contribution in [0.1, 0.15) is 19.8 Å². The first-order chi connectivity index (χ1) is 5.33. The van der Waals surface area contributed by atoms with E-state index in [1.807, 2.05) is 0 Å². The largest absolute Gasteiger partial charge is 0.317 e. The zero-order chi connectivity index (χ0) is 8.10. The highest BCUT2D eigenvalue weighted by molar-refractivity contribution is 4.71. The molecule has 0 amide bonds. The average molecular weight is 156 g/mol. The number of rotatable bonds is 3. The molecule has 11 heavy (non-hydrogen) atoms. The molecule has 1 atom stereocenters. The Balaban J connectivity index is 2.12. The molecule has 0 spiro atoms. The summed E-state index contributed by atoms with van der Waals surface area (Å²) >= 11 is 0. The highest BCUT2D eigenvalue weighted by atomic mass is 15.1. The highest BCUT2D eigenvalue weighted by Crippen LogP contribution is 2.13. The lowest BCUT2D eigenvalue weighted by Gasteiger charge is -2.29. The van der Waals surface area contributed by atoms with Gasteiger partial charge < -0.3 is 10.2 Å². The van der Waals surface area contributed by atoms with E-state index in [0.29, 0.717) is 0 Å². The van der Waals surface area contributed by atoms with Gasteiger partial charge in [-0.3, -0.25) is 0 Å². The lowest BCUT2D eigenvalue weighted by molar-refractivity contribution is 0.207. The molecule has 2 nitrogen and oxygen atoms in total. The SMILES string of the molecule is CCNC[C@@H]1CCCN(C)C1. The standard InChI is InChI=1S/C9H20N2/c1-3-10-7-9-5-4-6-11(2)8-9/h9-10H,3-8H2,1-2H3/t9-/m0/s1. The minimum absolute atomic E-state index is 0.897. The molecule has 0 aromatic carbocycles. The number of hydrogen-bond acceptors (Lipinski definition) is 2. The smallest absolute Gasteiger partial charge is 0.00187 e. The summed E-state index contributed by atoms with van der Waals surface area (Å²) < 4.78 is 0. The van der Waals surface area contributed by atoms with Crippen LogP contribution in [-0.2, 0) is 0 Å². The molecule has 66 valence electrons. The number of likely N-dealkylation sites (tertiary alicyclic amines) is 1. The second-order valence-corrected chi connectivity index (χ2v) is 3.58. The summed E-state index contributed by atoms with van der Waals surface area (Å²) in [5.74, 6) is 0.897. The van der Waals surface area contributed by atoms with Crippen molar-refractivity contribution in [3.05, 3.63) is 0 Å². The topological polar surface area (TPSA) is 15.3 Å². The fraction of sp³-hybridized carbons (Fsp3) is 1.00. The molecule has 1 aliphatic heterocycles. The van der Waals surface area contributed by atoms with Gasteiger partial charge in [-0.2, -0.15) is 0 Å². The number of hydrogen-bond donors (Lipinski definition) is 1. The zero-order valence-electron chi connectivity index (χ0n) is 7.77. The summed E-state index contributed by atoms with van der Waals surface area (Å²) in [4.78, 5) is 2.44. The van der Waals surface area contributed by atoms with E-state index in [-0.39, 0.29) is 0 Å². The zero-order valence-corrected chi connectivity index (χ0v) is 7.77. The van der Waals surface area contributed by atoms with Crippen LogP contribution in [0.15, 0.2) is 0 Å². The van der Waals surface area contributed by atoms with Crippen LogP contribution in [0, 0.1) is 5.92 Å². The van der Waals surface area contributed by atoms with Crippen molar-refractivity contribution in [2.45, 2.75) is 19.8 Å². The summed E-state index contributed by atoms with van der Waals surface area (Å²) in [6.07, 6.45) is 2.80.